The van der Waals surface area contributed by atoms with Crippen LogP contribution in [0.3, 0.4) is 0 Å². The van der Waals surface area contributed by atoms with E-state index in [1.165, 1.54) is 0 Å². The van der Waals surface area contributed by atoms with Crippen LogP contribution in [0.25, 0.3) is 0 Å². The van der Waals surface area contributed by atoms with Crippen molar-refractivity contribution < 1.29 is 9.90 Å². The summed E-state index contributed by atoms with van der Waals surface area (Å²) in [6.45, 7) is 4.22. The third kappa shape index (κ3) is 3.35. The van der Waals surface area contributed by atoms with Crippen molar-refractivity contribution in [2.45, 2.75) is 45.1 Å². The summed E-state index contributed by atoms with van der Waals surface area (Å²) in [4.78, 5) is 12.3. The van der Waals surface area contributed by atoms with Gasteiger partial charge in [-0.05, 0) is 50.7 Å². The molecule has 1 saturated carbocycles. The van der Waals surface area contributed by atoms with Crippen molar-refractivity contribution in [2.24, 2.45) is 5.92 Å². The van der Waals surface area contributed by atoms with Gasteiger partial charge in [-0.2, -0.15) is 0 Å². The van der Waals surface area contributed by atoms with E-state index in [4.69, 9.17) is 0 Å². The lowest BCUT2D eigenvalue weighted by Crippen LogP contribution is -2.53. The number of rotatable bonds is 3. The van der Waals surface area contributed by atoms with Gasteiger partial charge in [0.1, 0.15) is 0 Å². The average Bonchev–Trinajstić information content (AvgIpc) is 2.42. The Balaban J connectivity index is 2.08. The lowest BCUT2D eigenvalue weighted by Gasteiger charge is -2.38. The van der Waals surface area contributed by atoms with Gasteiger partial charge in [0, 0.05) is 5.56 Å². The minimum atomic E-state index is -0.423. The van der Waals surface area contributed by atoms with Gasteiger partial charge in [0.25, 0.3) is 5.91 Å². The first kappa shape index (κ1) is 14.1. The Morgan fingerprint density at radius 3 is 2.68 bits per heavy atom. The molecule has 19 heavy (non-hydrogen) atoms. The number of nitrogens with one attached hydrogen (secondary N) is 1. The Hall–Kier alpha value is -1.35. The fraction of sp³-hybridized carbons (Fsp3) is 0.562. The number of aryl methyl sites for hydroxylation is 1. The van der Waals surface area contributed by atoms with Gasteiger partial charge < -0.3 is 10.4 Å². The first-order valence-corrected chi connectivity index (χ1v) is 7.05. The van der Waals surface area contributed by atoms with Crippen LogP contribution < -0.4 is 5.32 Å². The zero-order valence-corrected chi connectivity index (χ0v) is 11.8. The highest BCUT2D eigenvalue weighted by Crippen LogP contribution is 2.31. The van der Waals surface area contributed by atoms with Crippen molar-refractivity contribution in [1.29, 1.82) is 0 Å². The molecule has 1 aromatic rings. The summed E-state index contributed by atoms with van der Waals surface area (Å²) in [5.74, 6) is 0.614. The van der Waals surface area contributed by atoms with Crippen LogP contribution in [0.1, 0.15) is 48.5 Å². The quantitative estimate of drug-likeness (QED) is 0.879. The van der Waals surface area contributed by atoms with Gasteiger partial charge in [0.15, 0.2) is 0 Å². The van der Waals surface area contributed by atoms with Crippen molar-refractivity contribution in [3.8, 4) is 0 Å². The zero-order chi connectivity index (χ0) is 13.9. The molecule has 0 spiro atoms. The fourth-order valence-corrected chi connectivity index (χ4v) is 2.74. The summed E-state index contributed by atoms with van der Waals surface area (Å²) in [6.07, 6.45) is 3.85. The third-order valence-electron chi connectivity index (χ3n) is 4.19. The number of hydrogen-bond donors (Lipinski definition) is 2. The molecule has 1 aliphatic carbocycles. The predicted molar refractivity (Wildman–Crippen MR) is 76.1 cm³/mol. The maximum absolute atomic E-state index is 12.3. The van der Waals surface area contributed by atoms with Crippen molar-refractivity contribution >= 4 is 5.91 Å². The molecule has 0 aromatic heterocycles. The van der Waals surface area contributed by atoms with E-state index < -0.39 is 5.54 Å². The van der Waals surface area contributed by atoms with E-state index >= 15 is 0 Å². The number of aliphatic hydroxyl groups is 1. The van der Waals surface area contributed by atoms with Crippen LogP contribution in [-0.4, -0.2) is 23.2 Å². The molecule has 1 amide bonds. The summed E-state index contributed by atoms with van der Waals surface area (Å²) in [7, 11) is 0. The number of carbonyl (C=O) groups excluding carboxylic acids is 1. The van der Waals surface area contributed by atoms with Crippen molar-refractivity contribution in [1.82, 2.24) is 5.32 Å². The van der Waals surface area contributed by atoms with Gasteiger partial charge >= 0.3 is 0 Å². The second kappa shape index (κ2) is 5.74. The number of hydrogen-bond acceptors (Lipinski definition) is 2. The Labute approximate surface area is 115 Å². The van der Waals surface area contributed by atoms with Crippen LogP contribution in [0.15, 0.2) is 24.3 Å². The van der Waals surface area contributed by atoms with Gasteiger partial charge in [0.2, 0.25) is 0 Å². The lowest BCUT2D eigenvalue weighted by atomic mass is 9.77. The standard InChI is InChI=1S/C16H23NO2/c1-12-6-8-16(11-18,9-7-12)17-15(19)14-5-3-4-13(2)10-14/h3-5,10,12,18H,6-9,11H2,1-2H3,(H,17,19). The molecule has 0 atom stereocenters. The first-order valence-electron chi connectivity index (χ1n) is 7.05. The molecule has 0 unspecified atom stereocenters. The van der Waals surface area contributed by atoms with Crippen molar-refractivity contribution in [3.63, 3.8) is 0 Å². The van der Waals surface area contributed by atoms with Crippen molar-refractivity contribution in [2.75, 3.05) is 6.61 Å². The molecule has 0 radical (unpaired) electrons. The molecule has 0 bridgehead atoms. The van der Waals surface area contributed by atoms with Crippen LogP contribution in [0.4, 0.5) is 0 Å². The number of amides is 1. The molecular formula is C16H23NO2. The van der Waals surface area contributed by atoms with Crippen molar-refractivity contribution in [3.05, 3.63) is 35.4 Å². The molecule has 104 valence electrons. The third-order valence-corrected chi connectivity index (χ3v) is 4.19. The van der Waals surface area contributed by atoms with E-state index in [0.29, 0.717) is 11.5 Å². The van der Waals surface area contributed by atoms with Gasteiger partial charge in [-0.25, -0.2) is 0 Å². The molecule has 2 N–H and O–H groups in total. The van der Waals surface area contributed by atoms with Gasteiger partial charge in [-0.1, -0.05) is 24.6 Å². The molecule has 1 aromatic carbocycles. The van der Waals surface area contributed by atoms with Crippen LogP contribution in [0, 0.1) is 12.8 Å². The highest BCUT2D eigenvalue weighted by Gasteiger charge is 2.35. The molecule has 0 aliphatic heterocycles. The molecule has 1 fully saturated rings. The fourth-order valence-electron chi connectivity index (χ4n) is 2.74. The topological polar surface area (TPSA) is 49.3 Å². The van der Waals surface area contributed by atoms with Crippen LogP contribution >= 0.6 is 0 Å². The van der Waals surface area contributed by atoms with Crippen LogP contribution in [0.2, 0.25) is 0 Å². The Kier molecular flexibility index (Phi) is 4.25. The average molecular weight is 261 g/mol. The second-order valence-corrected chi connectivity index (χ2v) is 5.94. The van der Waals surface area contributed by atoms with Gasteiger partial charge in [-0.15, -0.1) is 0 Å². The first-order chi connectivity index (χ1) is 9.04. The largest absolute Gasteiger partial charge is 0.394 e. The Morgan fingerprint density at radius 2 is 2.11 bits per heavy atom. The van der Waals surface area contributed by atoms with Gasteiger partial charge in [0.05, 0.1) is 12.1 Å². The molecule has 3 heteroatoms. The van der Waals surface area contributed by atoms with Gasteiger partial charge in [-0.3, -0.25) is 4.79 Å². The highest BCUT2D eigenvalue weighted by molar-refractivity contribution is 5.94. The molecule has 0 heterocycles. The van der Waals surface area contributed by atoms with E-state index in [1.54, 1.807) is 0 Å². The molecule has 2 rings (SSSR count). The monoisotopic (exact) mass is 261 g/mol. The number of carbonyl (C=O) groups is 1. The Morgan fingerprint density at radius 1 is 1.42 bits per heavy atom. The van der Waals surface area contributed by atoms with E-state index in [0.717, 1.165) is 31.2 Å². The van der Waals surface area contributed by atoms with Crippen LogP contribution in [0.5, 0.6) is 0 Å². The SMILES string of the molecule is Cc1cccc(C(=O)NC2(CO)CCC(C)CC2)c1. The normalized spacial score (nSPS) is 27.0. The summed E-state index contributed by atoms with van der Waals surface area (Å²) >= 11 is 0. The number of aliphatic hydroxyl groups excluding tert-OH is 1. The summed E-state index contributed by atoms with van der Waals surface area (Å²) < 4.78 is 0. The minimum absolute atomic E-state index is 0.0251. The van der Waals surface area contributed by atoms with Crippen LogP contribution in [-0.2, 0) is 0 Å². The maximum Gasteiger partial charge on any atom is 0.251 e. The molecule has 1 aliphatic rings. The summed E-state index contributed by atoms with van der Waals surface area (Å²) in [5, 5.41) is 12.7. The predicted octanol–water partition coefficient (Wildman–Crippen LogP) is 2.67. The highest BCUT2D eigenvalue weighted by atomic mass is 16.3. The maximum atomic E-state index is 12.3. The summed E-state index contributed by atoms with van der Waals surface area (Å²) in [5.41, 5.74) is 1.32. The lowest BCUT2D eigenvalue weighted by molar-refractivity contribution is 0.0717. The molecule has 3 nitrogen and oxygen atoms in total. The number of benzene rings is 1. The smallest absolute Gasteiger partial charge is 0.251 e. The zero-order valence-electron chi connectivity index (χ0n) is 11.8. The Bertz CT molecular complexity index is 448. The van der Waals surface area contributed by atoms with E-state index in [2.05, 4.69) is 12.2 Å². The van der Waals surface area contributed by atoms with E-state index in [1.807, 2.05) is 31.2 Å². The minimum Gasteiger partial charge on any atom is -0.394 e. The second-order valence-electron chi connectivity index (χ2n) is 5.94. The summed E-state index contributed by atoms with van der Waals surface area (Å²) in [6, 6.07) is 7.56. The molecule has 0 saturated heterocycles. The van der Waals surface area contributed by atoms with E-state index in [-0.39, 0.29) is 12.5 Å². The van der Waals surface area contributed by atoms with E-state index in [9.17, 15) is 9.90 Å². The molecular weight excluding hydrogens is 238 g/mol.